The quantitative estimate of drug-likeness (QED) is 0.440. The zero-order chi connectivity index (χ0) is 20.8. The van der Waals surface area contributed by atoms with Crippen molar-refractivity contribution in [2.75, 3.05) is 36.2 Å². The summed E-state index contributed by atoms with van der Waals surface area (Å²) in [6, 6.07) is 8.61. The lowest BCUT2D eigenvalue weighted by molar-refractivity contribution is -0.113. The number of nitrogens with zero attached hydrogens (tertiary/aromatic N) is 3. The molecule has 3 rings (SSSR count). The van der Waals surface area contributed by atoms with E-state index in [2.05, 4.69) is 34.0 Å². The molecule has 1 amide bonds. The summed E-state index contributed by atoms with van der Waals surface area (Å²) in [5.41, 5.74) is 0.946. The average molecular weight is 415 g/mol. The predicted octanol–water partition coefficient (Wildman–Crippen LogP) is 3.48. The maximum Gasteiger partial charge on any atom is 0.337 e. The Hall–Kier alpha value is -2.61. The van der Waals surface area contributed by atoms with Crippen molar-refractivity contribution < 1.29 is 14.3 Å². The summed E-state index contributed by atoms with van der Waals surface area (Å²) in [7, 11) is 1.32. The lowest BCUT2D eigenvalue weighted by Gasteiger charge is -2.35. The molecule has 0 saturated carbocycles. The van der Waals surface area contributed by atoms with Gasteiger partial charge in [0.05, 0.1) is 18.4 Å². The van der Waals surface area contributed by atoms with Gasteiger partial charge in [-0.1, -0.05) is 31.7 Å². The van der Waals surface area contributed by atoms with Crippen LogP contribution in [-0.4, -0.2) is 47.8 Å². The molecular weight excluding hydrogens is 388 g/mol. The van der Waals surface area contributed by atoms with Crippen molar-refractivity contribution in [1.29, 1.82) is 0 Å². The summed E-state index contributed by atoms with van der Waals surface area (Å²) in [4.78, 5) is 34.9. The molecule has 2 unspecified atom stereocenters. The fraction of sp³-hybridized carbons (Fsp3) is 0.429. The van der Waals surface area contributed by atoms with Crippen LogP contribution in [0.4, 0.5) is 11.5 Å². The number of aromatic nitrogens is 2. The SMILES string of the molecule is COC(=O)c1cccc(NC(=O)CSc2cc(N3CC(C)CC(C)C3)ncn2)c1. The zero-order valence-corrected chi connectivity index (χ0v) is 17.7. The van der Waals surface area contributed by atoms with E-state index in [1.165, 1.54) is 25.3 Å². The standard InChI is InChI=1S/C21H26N4O3S/c1-14-7-15(2)11-25(10-14)18-9-20(23-13-22-18)29-12-19(26)24-17-6-4-5-16(8-17)21(27)28-3/h4-6,8-9,13-15H,7,10-12H2,1-3H3,(H,24,26). The van der Waals surface area contributed by atoms with E-state index in [4.69, 9.17) is 4.74 Å². The first-order chi connectivity index (χ1) is 13.9. The molecule has 1 aliphatic heterocycles. The highest BCUT2D eigenvalue weighted by Crippen LogP contribution is 2.27. The maximum atomic E-state index is 12.3. The van der Waals surface area contributed by atoms with Crippen LogP contribution in [0, 0.1) is 11.8 Å². The topological polar surface area (TPSA) is 84.4 Å². The first-order valence-electron chi connectivity index (χ1n) is 9.62. The molecule has 1 aliphatic rings. The first-order valence-corrected chi connectivity index (χ1v) is 10.6. The number of carbonyl (C=O) groups is 2. The lowest BCUT2D eigenvalue weighted by Crippen LogP contribution is -2.39. The number of hydrogen-bond acceptors (Lipinski definition) is 7. The Labute approximate surface area is 175 Å². The molecule has 0 spiro atoms. The second kappa shape index (κ2) is 9.73. The number of esters is 1. The van der Waals surface area contributed by atoms with Crippen molar-refractivity contribution in [2.45, 2.75) is 25.3 Å². The van der Waals surface area contributed by atoms with Gasteiger partial charge in [0, 0.05) is 24.8 Å². The van der Waals surface area contributed by atoms with Crippen molar-refractivity contribution in [3.8, 4) is 0 Å². The molecule has 0 aliphatic carbocycles. The Morgan fingerprint density at radius 2 is 1.97 bits per heavy atom. The third-order valence-corrected chi connectivity index (χ3v) is 5.66. The average Bonchev–Trinajstić information content (AvgIpc) is 2.71. The van der Waals surface area contributed by atoms with Crippen LogP contribution in [0.15, 0.2) is 41.7 Å². The van der Waals surface area contributed by atoms with E-state index in [0.29, 0.717) is 23.1 Å². The van der Waals surface area contributed by atoms with Crippen molar-refractivity contribution in [1.82, 2.24) is 9.97 Å². The highest BCUT2D eigenvalue weighted by molar-refractivity contribution is 7.99. The van der Waals surface area contributed by atoms with Gasteiger partial charge in [-0.3, -0.25) is 4.79 Å². The Balaban J connectivity index is 1.57. The van der Waals surface area contributed by atoms with Crippen molar-refractivity contribution in [3.05, 3.63) is 42.2 Å². The number of rotatable bonds is 6. The molecule has 154 valence electrons. The molecule has 1 aromatic heterocycles. The molecule has 29 heavy (non-hydrogen) atoms. The van der Waals surface area contributed by atoms with Crippen LogP contribution in [0.1, 0.15) is 30.6 Å². The summed E-state index contributed by atoms with van der Waals surface area (Å²) < 4.78 is 4.70. The second-order valence-corrected chi connectivity index (χ2v) is 8.47. The highest BCUT2D eigenvalue weighted by atomic mass is 32.2. The van der Waals surface area contributed by atoms with E-state index in [1.54, 1.807) is 30.6 Å². The fourth-order valence-corrected chi connectivity index (χ4v) is 4.27. The highest BCUT2D eigenvalue weighted by Gasteiger charge is 2.23. The number of amides is 1. The van der Waals surface area contributed by atoms with Crippen LogP contribution < -0.4 is 10.2 Å². The lowest BCUT2D eigenvalue weighted by atomic mass is 9.92. The summed E-state index contributed by atoms with van der Waals surface area (Å²) in [6.45, 7) is 6.50. The first kappa shape index (κ1) is 21.1. The van der Waals surface area contributed by atoms with Crippen molar-refractivity contribution >= 4 is 35.1 Å². The minimum atomic E-state index is -0.440. The molecular formula is C21H26N4O3S. The molecule has 1 aromatic carbocycles. The number of methoxy groups -OCH3 is 1. The van der Waals surface area contributed by atoms with E-state index >= 15 is 0 Å². The van der Waals surface area contributed by atoms with Gasteiger partial charge >= 0.3 is 5.97 Å². The minimum absolute atomic E-state index is 0.169. The minimum Gasteiger partial charge on any atom is -0.465 e. The Kier molecular flexibility index (Phi) is 7.09. The van der Waals surface area contributed by atoms with Gasteiger partial charge < -0.3 is 15.0 Å². The summed E-state index contributed by atoms with van der Waals surface area (Å²) >= 11 is 1.36. The predicted molar refractivity (Wildman–Crippen MR) is 114 cm³/mol. The monoisotopic (exact) mass is 414 g/mol. The molecule has 8 heteroatoms. The fourth-order valence-electron chi connectivity index (χ4n) is 3.61. The third kappa shape index (κ3) is 5.93. The smallest absolute Gasteiger partial charge is 0.337 e. The third-order valence-electron chi connectivity index (χ3n) is 4.74. The molecule has 0 radical (unpaired) electrons. The van der Waals surface area contributed by atoms with Crippen LogP contribution in [0.5, 0.6) is 0 Å². The van der Waals surface area contributed by atoms with Gasteiger partial charge in [0.1, 0.15) is 17.2 Å². The number of hydrogen-bond donors (Lipinski definition) is 1. The Bertz CT molecular complexity index is 867. The van der Waals surface area contributed by atoms with E-state index < -0.39 is 5.97 Å². The van der Waals surface area contributed by atoms with Crippen molar-refractivity contribution in [3.63, 3.8) is 0 Å². The number of ether oxygens (including phenoxy) is 1. The molecule has 1 N–H and O–H groups in total. The van der Waals surface area contributed by atoms with Crippen molar-refractivity contribution in [2.24, 2.45) is 11.8 Å². The Morgan fingerprint density at radius 3 is 2.69 bits per heavy atom. The molecule has 2 atom stereocenters. The normalized spacial score (nSPS) is 18.9. The molecule has 0 bridgehead atoms. The summed E-state index contributed by atoms with van der Waals surface area (Å²) in [6.07, 6.45) is 2.79. The van der Waals surface area contributed by atoms with Crippen LogP contribution in [0.2, 0.25) is 0 Å². The second-order valence-electron chi connectivity index (χ2n) is 7.47. The number of nitrogens with one attached hydrogen (secondary N) is 1. The molecule has 7 nitrogen and oxygen atoms in total. The Morgan fingerprint density at radius 1 is 1.21 bits per heavy atom. The van der Waals surface area contributed by atoms with E-state index in [9.17, 15) is 9.59 Å². The van der Waals surface area contributed by atoms with Gasteiger partial charge in [-0.15, -0.1) is 0 Å². The molecule has 2 aromatic rings. The maximum absolute atomic E-state index is 12.3. The van der Waals surface area contributed by atoms with Gasteiger partial charge in [0.25, 0.3) is 0 Å². The largest absolute Gasteiger partial charge is 0.465 e. The van der Waals surface area contributed by atoms with E-state index in [-0.39, 0.29) is 11.7 Å². The van der Waals surface area contributed by atoms with Gasteiger partial charge in [-0.25, -0.2) is 14.8 Å². The zero-order valence-electron chi connectivity index (χ0n) is 16.9. The van der Waals surface area contributed by atoms with Gasteiger partial charge in [-0.2, -0.15) is 0 Å². The number of thioether (sulfide) groups is 1. The molecule has 2 heterocycles. The number of anilines is 2. The summed E-state index contributed by atoms with van der Waals surface area (Å²) in [5.74, 6) is 1.79. The van der Waals surface area contributed by atoms with Gasteiger partial charge in [0.15, 0.2) is 0 Å². The number of benzene rings is 1. The van der Waals surface area contributed by atoms with Crippen LogP contribution in [0.3, 0.4) is 0 Å². The molecule has 1 saturated heterocycles. The summed E-state index contributed by atoms with van der Waals surface area (Å²) in [5, 5.41) is 3.56. The van der Waals surface area contributed by atoms with Crippen LogP contribution in [-0.2, 0) is 9.53 Å². The van der Waals surface area contributed by atoms with Crippen LogP contribution in [0.25, 0.3) is 0 Å². The van der Waals surface area contributed by atoms with E-state index in [0.717, 1.165) is 23.9 Å². The number of piperidine rings is 1. The number of carbonyl (C=O) groups excluding carboxylic acids is 2. The molecule has 1 fully saturated rings. The van der Waals surface area contributed by atoms with Crippen LogP contribution >= 0.6 is 11.8 Å². The van der Waals surface area contributed by atoms with Gasteiger partial charge in [0.2, 0.25) is 5.91 Å². The van der Waals surface area contributed by atoms with Gasteiger partial charge in [-0.05, 0) is 36.5 Å². The van der Waals surface area contributed by atoms with E-state index in [1.807, 2.05) is 6.07 Å².